The highest BCUT2D eigenvalue weighted by Gasteiger charge is 2.16. The summed E-state index contributed by atoms with van der Waals surface area (Å²) in [5.41, 5.74) is 1.99. The summed E-state index contributed by atoms with van der Waals surface area (Å²) < 4.78 is 0. The molecule has 1 aromatic heterocycles. The molecule has 4 nitrogen and oxygen atoms in total. The van der Waals surface area contributed by atoms with Crippen molar-refractivity contribution in [2.45, 2.75) is 19.8 Å². The second-order valence-electron chi connectivity index (χ2n) is 4.43. The molecule has 1 fully saturated rings. The summed E-state index contributed by atoms with van der Waals surface area (Å²) in [6.45, 7) is 5.57. The lowest BCUT2D eigenvalue weighted by Crippen LogP contribution is -2.35. The molecular weight excluding hydrogens is 214 g/mol. The summed E-state index contributed by atoms with van der Waals surface area (Å²) in [5, 5.41) is 3.30. The largest absolute Gasteiger partial charge is 0.341 e. The van der Waals surface area contributed by atoms with Gasteiger partial charge in [0.05, 0.1) is 12.1 Å². The number of pyridine rings is 1. The van der Waals surface area contributed by atoms with E-state index in [0.29, 0.717) is 6.42 Å². The zero-order valence-electron chi connectivity index (χ0n) is 10.3. The Kier molecular flexibility index (Phi) is 4.09. The molecular formula is C13H19N3O. The predicted octanol–water partition coefficient (Wildman–Crippen LogP) is 0.754. The topological polar surface area (TPSA) is 45.2 Å². The number of carbonyl (C=O) groups is 1. The van der Waals surface area contributed by atoms with Crippen LogP contribution in [0.3, 0.4) is 0 Å². The second kappa shape index (κ2) is 5.77. The number of rotatable bonds is 2. The molecule has 0 atom stereocenters. The van der Waals surface area contributed by atoms with Crippen LogP contribution in [0.15, 0.2) is 18.3 Å². The summed E-state index contributed by atoms with van der Waals surface area (Å²) in [7, 11) is 0. The van der Waals surface area contributed by atoms with Crippen LogP contribution in [0.1, 0.15) is 17.7 Å². The molecule has 1 aliphatic heterocycles. The number of carbonyl (C=O) groups excluding carboxylic acids is 1. The van der Waals surface area contributed by atoms with E-state index < -0.39 is 0 Å². The first kappa shape index (κ1) is 12.0. The van der Waals surface area contributed by atoms with E-state index in [1.165, 1.54) is 0 Å². The molecule has 0 unspecified atom stereocenters. The van der Waals surface area contributed by atoms with Crippen molar-refractivity contribution in [1.29, 1.82) is 0 Å². The first-order valence-electron chi connectivity index (χ1n) is 6.16. The lowest BCUT2D eigenvalue weighted by Gasteiger charge is -2.20. The van der Waals surface area contributed by atoms with E-state index in [9.17, 15) is 4.79 Å². The summed E-state index contributed by atoms with van der Waals surface area (Å²) in [5.74, 6) is 0.190. The van der Waals surface area contributed by atoms with Crippen molar-refractivity contribution >= 4 is 5.91 Å². The van der Waals surface area contributed by atoms with E-state index in [1.54, 1.807) is 6.20 Å². The van der Waals surface area contributed by atoms with Gasteiger partial charge < -0.3 is 10.2 Å². The van der Waals surface area contributed by atoms with Crippen molar-refractivity contribution in [2.24, 2.45) is 0 Å². The standard InChI is InChI=1S/C13H19N3O/c1-11-4-2-6-15-12(11)10-13(17)16-8-3-5-14-7-9-16/h2,4,6,14H,3,5,7-10H2,1H3. The minimum absolute atomic E-state index is 0.190. The van der Waals surface area contributed by atoms with Gasteiger partial charge in [-0.1, -0.05) is 6.07 Å². The van der Waals surface area contributed by atoms with Gasteiger partial charge in [0.2, 0.25) is 5.91 Å². The summed E-state index contributed by atoms with van der Waals surface area (Å²) in [4.78, 5) is 18.3. The molecule has 1 aliphatic rings. The summed E-state index contributed by atoms with van der Waals surface area (Å²) >= 11 is 0. The Morgan fingerprint density at radius 1 is 1.47 bits per heavy atom. The molecule has 17 heavy (non-hydrogen) atoms. The Labute approximate surface area is 102 Å². The van der Waals surface area contributed by atoms with Crippen LogP contribution in [0, 0.1) is 6.92 Å². The fraction of sp³-hybridized carbons (Fsp3) is 0.538. The molecule has 0 aliphatic carbocycles. The molecule has 0 spiro atoms. The van der Waals surface area contributed by atoms with E-state index >= 15 is 0 Å². The van der Waals surface area contributed by atoms with E-state index in [-0.39, 0.29) is 5.91 Å². The Hall–Kier alpha value is -1.42. The van der Waals surface area contributed by atoms with Crippen molar-refractivity contribution in [3.63, 3.8) is 0 Å². The predicted molar refractivity (Wildman–Crippen MR) is 66.7 cm³/mol. The third-order valence-electron chi connectivity index (χ3n) is 3.13. The molecule has 1 amide bonds. The second-order valence-corrected chi connectivity index (χ2v) is 4.43. The van der Waals surface area contributed by atoms with Crippen LogP contribution in [-0.4, -0.2) is 42.0 Å². The van der Waals surface area contributed by atoms with E-state index in [2.05, 4.69) is 10.3 Å². The van der Waals surface area contributed by atoms with Gasteiger partial charge in [-0.2, -0.15) is 0 Å². The van der Waals surface area contributed by atoms with E-state index in [4.69, 9.17) is 0 Å². The lowest BCUT2D eigenvalue weighted by molar-refractivity contribution is -0.130. The molecule has 4 heteroatoms. The van der Waals surface area contributed by atoms with Crippen molar-refractivity contribution in [3.05, 3.63) is 29.6 Å². The SMILES string of the molecule is Cc1cccnc1CC(=O)N1CCCNCC1. The van der Waals surface area contributed by atoms with Crippen LogP contribution in [0.4, 0.5) is 0 Å². The van der Waals surface area contributed by atoms with Gasteiger partial charge in [-0.25, -0.2) is 0 Å². The maximum Gasteiger partial charge on any atom is 0.228 e. The zero-order chi connectivity index (χ0) is 12.1. The number of hydrogen-bond donors (Lipinski definition) is 1. The van der Waals surface area contributed by atoms with Crippen LogP contribution >= 0.6 is 0 Å². The van der Waals surface area contributed by atoms with Crippen molar-refractivity contribution < 1.29 is 4.79 Å². The van der Waals surface area contributed by atoms with Crippen LogP contribution in [0.5, 0.6) is 0 Å². The molecule has 2 heterocycles. The smallest absolute Gasteiger partial charge is 0.228 e. The molecule has 92 valence electrons. The maximum absolute atomic E-state index is 12.1. The average Bonchev–Trinajstić information content (AvgIpc) is 2.61. The van der Waals surface area contributed by atoms with Crippen molar-refractivity contribution in [3.8, 4) is 0 Å². The zero-order valence-corrected chi connectivity index (χ0v) is 10.3. The number of nitrogens with zero attached hydrogens (tertiary/aromatic N) is 2. The third kappa shape index (κ3) is 3.27. The molecule has 1 aromatic rings. The average molecular weight is 233 g/mol. The monoisotopic (exact) mass is 233 g/mol. The Morgan fingerprint density at radius 3 is 3.18 bits per heavy atom. The Bertz CT molecular complexity index is 384. The van der Waals surface area contributed by atoms with Crippen LogP contribution < -0.4 is 5.32 Å². The quantitative estimate of drug-likeness (QED) is 0.820. The van der Waals surface area contributed by atoms with Gasteiger partial charge in [0.15, 0.2) is 0 Å². The van der Waals surface area contributed by atoms with E-state index in [1.807, 2.05) is 24.0 Å². The normalized spacial score (nSPS) is 16.6. The van der Waals surface area contributed by atoms with Gasteiger partial charge in [-0.05, 0) is 31.5 Å². The highest BCUT2D eigenvalue weighted by Crippen LogP contribution is 2.07. The fourth-order valence-corrected chi connectivity index (χ4v) is 2.05. The van der Waals surface area contributed by atoms with E-state index in [0.717, 1.165) is 43.9 Å². The maximum atomic E-state index is 12.1. The minimum atomic E-state index is 0.190. The first-order chi connectivity index (χ1) is 8.27. The van der Waals surface area contributed by atoms with Gasteiger partial charge >= 0.3 is 0 Å². The highest BCUT2D eigenvalue weighted by atomic mass is 16.2. The molecule has 1 saturated heterocycles. The fourth-order valence-electron chi connectivity index (χ4n) is 2.05. The summed E-state index contributed by atoms with van der Waals surface area (Å²) in [6.07, 6.45) is 3.21. The van der Waals surface area contributed by atoms with Crippen LogP contribution in [0.25, 0.3) is 0 Å². The number of amides is 1. The number of hydrogen-bond acceptors (Lipinski definition) is 3. The minimum Gasteiger partial charge on any atom is -0.341 e. The first-order valence-corrected chi connectivity index (χ1v) is 6.16. The lowest BCUT2D eigenvalue weighted by atomic mass is 10.1. The molecule has 0 bridgehead atoms. The van der Waals surface area contributed by atoms with Gasteiger partial charge in [0, 0.05) is 25.8 Å². The van der Waals surface area contributed by atoms with Gasteiger partial charge in [0.1, 0.15) is 0 Å². The van der Waals surface area contributed by atoms with Gasteiger partial charge in [0.25, 0.3) is 0 Å². The van der Waals surface area contributed by atoms with Crippen molar-refractivity contribution in [2.75, 3.05) is 26.2 Å². The third-order valence-corrected chi connectivity index (χ3v) is 3.13. The Morgan fingerprint density at radius 2 is 2.35 bits per heavy atom. The molecule has 1 N–H and O–H groups in total. The van der Waals surface area contributed by atoms with Crippen LogP contribution in [0.2, 0.25) is 0 Å². The summed E-state index contributed by atoms with van der Waals surface area (Å²) in [6, 6.07) is 3.90. The number of aromatic nitrogens is 1. The Balaban J connectivity index is 1.98. The highest BCUT2D eigenvalue weighted by molar-refractivity contribution is 5.78. The van der Waals surface area contributed by atoms with Gasteiger partial charge in [-0.15, -0.1) is 0 Å². The molecule has 2 rings (SSSR count). The molecule has 0 aromatic carbocycles. The van der Waals surface area contributed by atoms with Crippen molar-refractivity contribution in [1.82, 2.24) is 15.2 Å². The molecule has 0 saturated carbocycles. The number of aryl methyl sites for hydroxylation is 1. The van der Waals surface area contributed by atoms with Gasteiger partial charge in [-0.3, -0.25) is 9.78 Å². The van der Waals surface area contributed by atoms with Crippen LogP contribution in [-0.2, 0) is 11.2 Å². The molecule has 0 radical (unpaired) electrons. The number of nitrogens with one attached hydrogen (secondary N) is 1.